The Morgan fingerprint density at radius 3 is 2.16 bits per heavy atom. The van der Waals surface area contributed by atoms with Crippen LogP contribution in [0.15, 0.2) is 12.2 Å². The van der Waals surface area contributed by atoms with Crippen LogP contribution in [0.1, 0.15) is 84.5 Å². The number of carbonyl (C=O) groups is 1. The second-order valence-corrected chi connectivity index (χ2v) is 5.14. The summed E-state index contributed by atoms with van der Waals surface area (Å²) < 4.78 is 5.11. The molecule has 0 aliphatic carbocycles. The van der Waals surface area contributed by atoms with Crippen LogP contribution < -0.4 is 0 Å². The fourth-order valence-corrected chi connectivity index (χ4v) is 1.85. The van der Waals surface area contributed by atoms with Gasteiger partial charge in [0, 0.05) is 6.42 Å². The van der Waals surface area contributed by atoms with Gasteiger partial charge in [0.1, 0.15) is 0 Å². The molecule has 0 heterocycles. The molecule has 0 amide bonds. The van der Waals surface area contributed by atoms with Gasteiger partial charge in [0.05, 0.1) is 6.61 Å². The molecule has 0 aromatic rings. The number of allylic oxidation sites excluding steroid dienone is 2. The highest BCUT2D eigenvalue weighted by Crippen LogP contribution is 2.07. The monoisotopic (exact) mass is 268 g/mol. The third-order valence-electron chi connectivity index (χ3n) is 3.15. The van der Waals surface area contributed by atoms with Crippen LogP contribution in [0, 0.1) is 0 Å². The molecule has 0 spiro atoms. The minimum absolute atomic E-state index is 0.0205. The summed E-state index contributed by atoms with van der Waals surface area (Å²) in [6, 6.07) is 0. The van der Waals surface area contributed by atoms with Crippen LogP contribution in [0.2, 0.25) is 0 Å². The van der Waals surface area contributed by atoms with Crippen molar-refractivity contribution in [2.45, 2.75) is 84.5 Å². The molecular weight excluding hydrogens is 236 g/mol. The molecule has 0 aliphatic heterocycles. The predicted molar refractivity (Wildman–Crippen MR) is 82.2 cm³/mol. The van der Waals surface area contributed by atoms with Crippen LogP contribution >= 0.6 is 0 Å². The van der Waals surface area contributed by atoms with E-state index >= 15 is 0 Å². The second kappa shape index (κ2) is 15.3. The van der Waals surface area contributed by atoms with E-state index in [1.807, 2.05) is 0 Å². The molecule has 0 fully saturated rings. The Bertz CT molecular complexity index is 221. The second-order valence-electron chi connectivity index (χ2n) is 5.14. The Morgan fingerprint density at radius 1 is 0.842 bits per heavy atom. The molecule has 0 aromatic heterocycles. The van der Waals surface area contributed by atoms with Crippen molar-refractivity contribution >= 4 is 5.97 Å². The third kappa shape index (κ3) is 15.2. The first kappa shape index (κ1) is 18.2. The number of esters is 1. The number of ether oxygens (including phenoxy) is 1. The summed E-state index contributed by atoms with van der Waals surface area (Å²) >= 11 is 0. The molecule has 0 bridgehead atoms. The molecule has 2 heteroatoms. The molecule has 0 saturated carbocycles. The maximum absolute atomic E-state index is 11.3. The number of carbonyl (C=O) groups excluding carboxylic acids is 1. The van der Waals surface area contributed by atoms with Gasteiger partial charge in [-0.3, -0.25) is 4.79 Å². The molecule has 0 aromatic carbocycles. The highest BCUT2D eigenvalue weighted by Gasteiger charge is 2.01. The fourth-order valence-electron chi connectivity index (χ4n) is 1.85. The number of hydrogen-bond donors (Lipinski definition) is 0. The minimum Gasteiger partial charge on any atom is -0.466 e. The van der Waals surface area contributed by atoms with E-state index in [2.05, 4.69) is 26.0 Å². The first-order valence-electron chi connectivity index (χ1n) is 8.11. The third-order valence-corrected chi connectivity index (χ3v) is 3.15. The molecule has 0 unspecified atom stereocenters. The minimum atomic E-state index is -0.0205. The van der Waals surface area contributed by atoms with E-state index in [1.54, 1.807) is 0 Å². The largest absolute Gasteiger partial charge is 0.466 e. The molecule has 0 N–H and O–H groups in total. The molecule has 0 rings (SSSR count). The number of rotatable bonds is 13. The van der Waals surface area contributed by atoms with Gasteiger partial charge >= 0.3 is 5.97 Å². The molecular formula is C17H32O2. The van der Waals surface area contributed by atoms with Crippen LogP contribution in [-0.4, -0.2) is 12.6 Å². The lowest BCUT2D eigenvalue weighted by Crippen LogP contribution is -2.05. The molecule has 0 saturated heterocycles. The zero-order valence-corrected chi connectivity index (χ0v) is 13.0. The van der Waals surface area contributed by atoms with Crippen molar-refractivity contribution in [3.05, 3.63) is 12.2 Å². The molecule has 2 nitrogen and oxygen atoms in total. The van der Waals surface area contributed by atoms with Gasteiger partial charge in [-0.2, -0.15) is 0 Å². The van der Waals surface area contributed by atoms with E-state index in [0.29, 0.717) is 13.0 Å². The average molecular weight is 268 g/mol. The Hall–Kier alpha value is -0.790. The van der Waals surface area contributed by atoms with Crippen molar-refractivity contribution in [1.29, 1.82) is 0 Å². The van der Waals surface area contributed by atoms with Crippen molar-refractivity contribution in [2.75, 3.05) is 6.61 Å². The first-order valence-corrected chi connectivity index (χ1v) is 8.11. The van der Waals surface area contributed by atoms with Crippen LogP contribution in [0.25, 0.3) is 0 Å². The van der Waals surface area contributed by atoms with Crippen LogP contribution in [-0.2, 0) is 9.53 Å². The zero-order chi connectivity index (χ0) is 14.2. The van der Waals surface area contributed by atoms with Gasteiger partial charge in [0.15, 0.2) is 0 Å². The Morgan fingerprint density at radius 2 is 1.47 bits per heavy atom. The molecule has 112 valence electrons. The van der Waals surface area contributed by atoms with E-state index in [-0.39, 0.29) is 5.97 Å². The van der Waals surface area contributed by atoms with Gasteiger partial charge in [-0.25, -0.2) is 0 Å². The van der Waals surface area contributed by atoms with E-state index in [9.17, 15) is 4.79 Å². The smallest absolute Gasteiger partial charge is 0.305 e. The van der Waals surface area contributed by atoms with Gasteiger partial charge in [0.25, 0.3) is 0 Å². The average Bonchev–Trinajstić information content (AvgIpc) is 2.41. The summed E-state index contributed by atoms with van der Waals surface area (Å²) in [6.07, 6.45) is 16.8. The SMILES string of the molecule is CCCC/C=C/CCCCCCC(=O)OCCCC. The lowest BCUT2D eigenvalue weighted by Gasteiger charge is -2.03. The van der Waals surface area contributed by atoms with Crippen LogP contribution in [0.5, 0.6) is 0 Å². The van der Waals surface area contributed by atoms with E-state index < -0.39 is 0 Å². The molecule has 0 aliphatic rings. The fraction of sp³-hybridized carbons (Fsp3) is 0.824. The van der Waals surface area contributed by atoms with Gasteiger partial charge in [-0.15, -0.1) is 0 Å². The maximum Gasteiger partial charge on any atom is 0.305 e. The van der Waals surface area contributed by atoms with Gasteiger partial charge in [0.2, 0.25) is 0 Å². The van der Waals surface area contributed by atoms with Crippen molar-refractivity contribution in [3.63, 3.8) is 0 Å². The summed E-state index contributed by atoms with van der Waals surface area (Å²) in [5.74, 6) is -0.0205. The molecule has 0 atom stereocenters. The normalized spacial score (nSPS) is 11.1. The van der Waals surface area contributed by atoms with Crippen LogP contribution in [0.3, 0.4) is 0 Å². The standard InChI is InChI=1S/C17H32O2/c1-3-5-7-8-9-10-11-12-13-14-15-17(18)19-16-6-4-2/h8-9H,3-7,10-16H2,1-2H3/b9-8+. The van der Waals surface area contributed by atoms with E-state index in [0.717, 1.165) is 25.7 Å². The van der Waals surface area contributed by atoms with Crippen molar-refractivity contribution < 1.29 is 9.53 Å². The molecule has 0 radical (unpaired) electrons. The number of hydrogen-bond acceptors (Lipinski definition) is 2. The van der Waals surface area contributed by atoms with Gasteiger partial charge < -0.3 is 4.74 Å². The topological polar surface area (TPSA) is 26.3 Å². The summed E-state index contributed by atoms with van der Waals surface area (Å²) in [4.78, 5) is 11.3. The Balaban J connectivity index is 3.17. The quantitative estimate of drug-likeness (QED) is 0.253. The lowest BCUT2D eigenvalue weighted by atomic mass is 10.1. The summed E-state index contributed by atoms with van der Waals surface area (Å²) in [5.41, 5.74) is 0. The lowest BCUT2D eigenvalue weighted by molar-refractivity contribution is -0.143. The zero-order valence-electron chi connectivity index (χ0n) is 13.0. The summed E-state index contributed by atoms with van der Waals surface area (Å²) in [7, 11) is 0. The molecule has 19 heavy (non-hydrogen) atoms. The predicted octanol–water partition coefficient (Wildman–Crippen LogP) is 5.42. The first-order chi connectivity index (χ1) is 9.31. The summed E-state index contributed by atoms with van der Waals surface area (Å²) in [6.45, 7) is 4.92. The van der Waals surface area contributed by atoms with Gasteiger partial charge in [-0.05, 0) is 32.1 Å². The van der Waals surface area contributed by atoms with Crippen molar-refractivity contribution in [1.82, 2.24) is 0 Å². The highest BCUT2D eigenvalue weighted by molar-refractivity contribution is 5.69. The highest BCUT2D eigenvalue weighted by atomic mass is 16.5. The van der Waals surface area contributed by atoms with Gasteiger partial charge in [-0.1, -0.05) is 58.1 Å². The van der Waals surface area contributed by atoms with Crippen molar-refractivity contribution in [3.8, 4) is 0 Å². The van der Waals surface area contributed by atoms with E-state index in [4.69, 9.17) is 4.74 Å². The van der Waals surface area contributed by atoms with Crippen molar-refractivity contribution in [2.24, 2.45) is 0 Å². The van der Waals surface area contributed by atoms with Crippen LogP contribution in [0.4, 0.5) is 0 Å². The number of unbranched alkanes of at least 4 members (excludes halogenated alkanes) is 7. The Kier molecular flexibility index (Phi) is 14.6. The maximum atomic E-state index is 11.3. The Labute approximate surface area is 119 Å². The van der Waals surface area contributed by atoms with E-state index in [1.165, 1.54) is 38.5 Å². The summed E-state index contributed by atoms with van der Waals surface area (Å²) in [5, 5.41) is 0.